The van der Waals surface area contributed by atoms with E-state index in [1.807, 2.05) is 60.7 Å². The minimum atomic E-state index is -0.245. The van der Waals surface area contributed by atoms with Gasteiger partial charge in [-0.15, -0.1) is 0 Å². The number of hydrogen-bond acceptors (Lipinski definition) is 3. The van der Waals surface area contributed by atoms with Crippen LogP contribution in [-0.2, 0) is 22.5 Å². The predicted molar refractivity (Wildman–Crippen MR) is 124 cm³/mol. The average molecular weight is 434 g/mol. The maximum Gasteiger partial charge on any atom is 0.310 e. The van der Waals surface area contributed by atoms with Gasteiger partial charge < -0.3 is 14.0 Å². The molecular weight excluding hydrogens is 410 g/mol. The Bertz CT molecular complexity index is 1210. The number of aromatic nitrogens is 1. The number of benzene rings is 3. The van der Waals surface area contributed by atoms with Gasteiger partial charge in [0.2, 0.25) is 0 Å². The van der Waals surface area contributed by atoms with Crippen molar-refractivity contribution in [3.05, 3.63) is 94.6 Å². The first kappa shape index (κ1) is 21.0. The average Bonchev–Trinajstić information content (AvgIpc) is 3.00. The highest BCUT2D eigenvalue weighted by molar-refractivity contribution is 6.31. The van der Waals surface area contributed by atoms with Crippen molar-refractivity contribution in [1.82, 2.24) is 4.57 Å². The van der Waals surface area contributed by atoms with E-state index in [2.05, 4.69) is 23.6 Å². The molecule has 4 rings (SSSR count). The van der Waals surface area contributed by atoms with Gasteiger partial charge in [0, 0.05) is 17.0 Å². The zero-order valence-corrected chi connectivity index (χ0v) is 18.4. The van der Waals surface area contributed by atoms with Crippen LogP contribution in [0, 0.1) is 6.92 Å². The molecule has 0 amide bonds. The van der Waals surface area contributed by atoms with Gasteiger partial charge in [-0.25, -0.2) is 0 Å². The summed E-state index contributed by atoms with van der Waals surface area (Å²) in [4.78, 5) is 11.8. The standard InChI is InChI=1S/C26H24ClNO3/c1-3-30-25(29)15-20-10-7-11-22(14-20)31-26-18(2)28(17-19-8-5-4-6-9-19)24-16-21(27)12-13-23(24)26/h4-14,16H,3,15,17H2,1-2H3. The number of hydrogen-bond donors (Lipinski definition) is 0. The molecule has 0 N–H and O–H groups in total. The van der Waals surface area contributed by atoms with Crippen LogP contribution >= 0.6 is 11.6 Å². The summed E-state index contributed by atoms with van der Waals surface area (Å²) in [6.07, 6.45) is 0.218. The van der Waals surface area contributed by atoms with Crippen LogP contribution in [0.5, 0.6) is 11.5 Å². The molecule has 1 aromatic heterocycles. The summed E-state index contributed by atoms with van der Waals surface area (Å²) in [5, 5.41) is 1.68. The Morgan fingerprint density at radius 2 is 1.74 bits per heavy atom. The number of nitrogens with zero attached hydrogens (tertiary/aromatic N) is 1. The van der Waals surface area contributed by atoms with E-state index in [4.69, 9.17) is 21.1 Å². The number of ether oxygens (including phenoxy) is 2. The first-order chi connectivity index (χ1) is 15.0. The van der Waals surface area contributed by atoms with Gasteiger partial charge in [0.1, 0.15) is 5.75 Å². The van der Waals surface area contributed by atoms with E-state index in [-0.39, 0.29) is 12.4 Å². The number of fused-ring (bicyclic) bond motifs is 1. The van der Waals surface area contributed by atoms with Crippen molar-refractivity contribution in [3.63, 3.8) is 0 Å². The van der Waals surface area contributed by atoms with Gasteiger partial charge in [-0.3, -0.25) is 4.79 Å². The summed E-state index contributed by atoms with van der Waals surface area (Å²) < 4.78 is 13.6. The lowest BCUT2D eigenvalue weighted by atomic mass is 10.1. The van der Waals surface area contributed by atoms with Crippen LogP contribution in [0.2, 0.25) is 5.02 Å². The lowest BCUT2D eigenvalue weighted by molar-refractivity contribution is -0.142. The second-order valence-corrected chi connectivity index (χ2v) is 7.82. The van der Waals surface area contributed by atoms with Gasteiger partial charge in [0.15, 0.2) is 5.75 Å². The Hall–Kier alpha value is -3.24. The van der Waals surface area contributed by atoms with Crippen molar-refractivity contribution in [1.29, 1.82) is 0 Å². The zero-order valence-electron chi connectivity index (χ0n) is 17.6. The second kappa shape index (κ2) is 9.27. The first-order valence-corrected chi connectivity index (χ1v) is 10.7. The first-order valence-electron chi connectivity index (χ1n) is 10.3. The quantitative estimate of drug-likeness (QED) is 0.310. The van der Waals surface area contributed by atoms with Gasteiger partial charge >= 0.3 is 5.97 Å². The molecule has 0 atom stereocenters. The fourth-order valence-electron chi connectivity index (χ4n) is 3.73. The van der Waals surface area contributed by atoms with Crippen molar-refractivity contribution in [2.24, 2.45) is 0 Å². The number of carbonyl (C=O) groups is 1. The van der Waals surface area contributed by atoms with E-state index in [1.165, 1.54) is 5.56 Å². The number of esters is 1. The third-order valence-corrected chi connectivity index (χ3v) is 5.42. The maximum absolute atomic E-state index is 11.8. The molecule has 0 aliphatic rings. The summed E-state index contributed by atoms with van der Waals surface area (Å²) in [6.45, 7) is 4.94. The normalized spacial score (nSPS) is 10.9. The lowest BCUT2D eigenvalue weighted by Crippen LogP contribution is -2.07. The number of rotatable bonds is 7. The molecule has 1 heterocycles. The van der Waals surface area contributed by atoms with Crippen LogP contribution in [0.4, 0.5) is 0 Å². The molecule has 0 aliphatic heterocycles. The molecule has 0 saturated heterocycles. The van der Waals surface area contributed by atoms with E-state index in [9.17, 15) is 4.79 Å². The van der Waals surface area contributed by atoms with Crippen LogP contribution in [0.15, 0.2) is 72.8 Å². The Balaban J connectivity index is 1.70. The molecule has 158 valence electrons. The molecule has 0 unspecified atom stereocenters. The second-order valence-electron chi connectivity index (χ2n) is 7.38. The fraction of sp³-hybridized carbons (Fsp3) is 0.192. The molecule has 0 aliphatic carbocycles. The fourth-order valence-corrected chi connectivity index (χ4v) is 3.90. The van der Waals surface area contributed by atoms with Crippen molar-refractivity contribution in [2.75, 3.05) is 6.61 Å². The highest BCUT2D eigenvalue weighted by Crippen LogP contribution is 2.38. The van der Waals surface area contributed by atoms with Gasteiger partial charge in [-0.05, 0) is 55.3 Å². The highest BCUT2D eigenvalue weighted by atomic mass is 35.5. The molecule has 5 heteroatoms. The molecule has 31 heavy (non-hydrogen) atoms. The summed E-state index contributed by atoms with van der Waals surface area (Å²) in [7, 11) is 0. The number of carbonyl (C=O) groups excluding carboxylic acids is 1. The summed E-state index contributed by atoms with van der Waals surface area (Å²) in [6, 6.07) is 23.7. The highest BCUT2D eigenvalue weighted by Gasteiger charge is 2.17. The molecule has 4 aromatic rings. The molecule has 0 bridgehead atoms. The van der Waals surface area contributed by atoms with E-state index >= 15 is 0 Å². The summed E-state index contributed by atoms with van der Waals surface area (Å²) >= 11 is 6.31. The Kier molecular flexibility index (Phi) is 6.28. The van der Waals surface area contributed by atoms with E-state index in [0.29, 0.717) is 17.4 Å². The molecule has 0 fully saturated rings. The summed E-state index contributed by atoms with van der Waals surface area (Å²) in [5.74, 6) is 1.22. The van der Waals surface area contributed by atoms with Crippen LogP contribution in [0.1, 0.15) is 23.7 Å². The molecule has 0 radical (unpaired) electrons. The van der Waals surface area contributed by atoms with Crippen LogP contribution < -0.4 is 4.74 Å². The lowest BCUT2D eigenvalue weighted by Gasteiger charge is -2.10. The van der Waals surface area contributed by atoms with Crippen molar-refractivity contribution in [2.45, 2.75) is 26.8 Å². The minimum Gasteiger partial charge on any atom is -0.466 e. The largest absolute Gasteiger partial charge is 0.466 e. The van der Waals surface area contributed by atoms with Gasteiger partial charge in [0.05, 0.1) is 24.2 Å². The van der Waals surface area contributed by atoms with E-state index in [1.54, 1.807) is 6.92 Å². The topological polar surface area (TPSA) is 40.5 Å². The van der Waals surface area contributed by atoms with Gasteiger partial charge in [0.25, 0.3) is 0 Å². The zero-order chi connectivity index (χ0) is 21.8. The van der Waals surface area contributed by atoms with Crippen LogP contribution in [0.25, 0.3) is 10.9 Å². The maximum atomic E-state index is 11.8. The molecule has 0 saturated carbocycles. The van der Waals surface area contributed by atoms with Gasteiger partial charge in [-0.2, -0.15) is 0 Å². The third kappa shape index (κ3) is 4.75. The smallest absolute Gasteiger partial charge is 0.310 e. The third-order valence-electron chi connectivity index (χ3n) is 5.18. The molecule has 0 spiro atoms. The minimum absolute atomic E-state index is 0.218. The monoisotopic (exact) mass is 433 g/mol. The Morgan fingerprint density at radius 1 is 0.968 bits per heavy atom. The molecule has 4 nitrogen and oxygen atoms in total. The van der Waals surface area contributed by atoms with E-state index in [0.717, 1.165) is 34.5 Å². The number of halogens is 1. The molecule has 3 aromatic carbocycles. The Morgan fingerprint density at radius 3 is 2.52 bits per heavy atom. The molecular formula is C26H24ClNO3. The van der Waals surface area contributed by atoms with Crippen LogP contribution in [0.3, 0.4) is 0 Å². The predicted octanol–water partition coefficient (Wildman–Crippen LogP) is 6.55. The summed E-state index contributed by atoms with van der Waals surface area (Å²) in [5.41, 5.74) is 4.08. The van der Waals surface area contributed by atoms with Crippen molar-refractivity contribution < 1.29 is 14.3 Å². The van der Waals surface area contributed by atoms with Crippen molar-refractivity contribution in [3.8, 4) is 11.5 Å². The SMILES string of the molecule is CCOC(=O)Cc1cccc(Oc2c(C)n(Cc3ccccc3)c3cc(Cl)ccc23)c1. The van der Waals surface area contributed by atoms with Crippen molar-refractivity contribution >= 4 is 28.5 Å². The van der Waals surface area contributed by atoms with Gasteiger partial charge in [-0.1, -0.05) is 54.1 Å². The Labute approximate surface area is 187 Å². The van der Waals surface area contributed by atoms with Crippen LogP contribution in [-0.4, -0.2) is 17.1 Å². The van der Waals surface area contributed by atoms with E-state index < -0.39 is 0 Å².